The van der Waals surface area contributed by atoms with Gasteiger partial charge in [-0.05, 0) is 12.1 Å². The van der Waals surface area contributed by atoms with E-state index in [1.54, 1.807) is 24.3 Å². The molecule has 0 bridgehead atoms. The third kappa shape index (κ3) is 2.78. The average Bonchev–Trinajstić information content (AvgIpc) is 2.28. The summed E-state index contributed by atoms with van der Waals surface area (Å²) in [6, 6.07) is 6.57. The molecule has 80 valence electrons. The van der Waals surface area contributed by atoms with E-state index in [0.29, 0.717) is 11.3 Å². The van der Waals surface area contributed by atoms with Crippen LogP contribution in [0.25, 0.3) is 0 Å². The highest BCUT2D eigenvalue weighted by Crippen LogP contribution is 2.15. The Morgan fingerprint density at radius 2 is 2.07 bits per heavy atom. The Labute approximate surface area is 87.2 Å². The predicted molar refractivity (Wildman–Crippen MR) is 55.5 cm³/mol. The number of para-hydroxylation sites is 1. The molecule has 5 heteroatoms. The number of anilines is 1. The van der Waals surface area contributed by atoms with Gasteiger partial charge < -0.3 is 15.8 Å². The van der Waals surface area contributed by atoms with E-state index in [2.05, 4.69) is 10.1 Å². The van der Waals surface area contributed by atoms with E-state index < -0.39 is 5.97 Å². The van der Waals surface area contributed by atoms with E-state index in [1.807, 2.05) is 0 Å². The summed E-state index contributed by atoms with van der Waals surface area (Å²) in [5.41, 5.74) is 5.86. The lowest BCUT2D eigenvalue weighted by Crippen LogP contribution is -2.23. The monoisotopic (exact) mass is 208 g/mol. The van der Waals surface area contributed by atoms with Crippen LogP contribution in [0, 0.1) is 0 Å². The zero-order valence-corrected chi connectivity index (χ0v) is 8.32. The first-order valence-corrected chi connectivity index (χ1v) is 4.36. The summed E-state index contributed by atoms with van der Waals surface area (Å²) in [5.74, 6) is -0.853. The number of nitrogens with one attached hydrogen (secondary N) is 1. The van der Waals surface area contributed by atoms with Crippen molar-refractivity contribution < 1.29 is 14.3 Å². The first kappa shape index (κ1) is 11.2. The highest BCUT2D eigenvalue weighted by Gasteiger charge is 2.11. The quantitative estimate of drug-likeness (QED) is 0.703. The maximum absolute atomic E-state index is 11.3. The maximum Gasteiger partial charge on any atom is 0.339 e. The number of hydrogen-bond acceptors (Lipinski definition) is 4. The van der Waals surface area contributed by atoms with Gasteiger partial charge in [-0.2, -0.15) is 0 Å². The fourth-order valence-corrected chi connectivity index (χ4v) is 1.08. The lowest BCUT2D eigenvalue weighted by Gasteiger charge is -2.08. The van der Waals surface area contributed by atoms with Crippen LogP contribution in [-0.4, -0.2) is 25.5 Å². The highest BCUT2D eigenvalue weighted by atomic mass is 16.5. The molecule has 15 heavy (non-hydrogen) atoms. The molecule has 1 aromatic rings. The third-order valence-electron chi connectivity index (χ3n) is 1.79. The molecule has 0 fully saturated rings. The normalized spacial score (nSPS) is 9.47. The minimum Gasteiger partial charge on any atom is -0.465 e. The number of rotatable bonds is 3. The molecule has 1 aromatic carbocycles. The Morgan fingerprint density at radius 1 is 1.40 bits per heavy atom. The van der Waals surface area contributed by atoms with Gasteiger partial charge in [-0.25, -0.2) is 4.79 Å². The van der Waals surface area contributed by atoms with E-state index in [9.17, 15) is 9.59 Å². The van der Waals surface area contributed by atoms with Crippen molar-refractivity contribution in [3.63, 3.8) is 0 Å². The van der Waals surface area contributed by atoms with Gasteiger partial charge in [0.1, 0.15) is 0 Å². The lowest BCUT2D eigenvalue weighted by atomic mass is 10.2. The van der Waals surface area contributed by atoms with Gasteiger partial charge in [-0.1, -0.05) is 12.1 Å². The maximum atomic E-state index is 11.3. The van der Waals surface area contributed by atoms with Crippen molar-refractivity contribution in [3.8, 4) is 0 Å². The number of hydrogen-bond donors (Lipinski definition) is 2. The zero-order chi connectivity index (χ0) is 11.3. The molecule has 1 rings (SSSR count). The van der Waals surface area contributed by atoms with Crippen molar-refractivity contribution in [2.45, 2.75) is 0 Å². The van der Waals surface area contributed by atoms with Crippen molar-refractivity contribution in [3.05, 3.63) is 29.8 Å². The molecule has 0 saturated carbocycles. The summed E-state index contributed by atoms with van der Waals surface area (Å²) < 4.78 is 4.57. The molecule has 0 aliphatic carbocycles. The van der Waals surface area contributed by atoms with Crippen molar-refractivity contribution in [2.75, 3.05) is 19.0 Å². The van der Waals surface area contributed by atoms with Crippen LogP contribution in [0.1, 0.15) is 10.4 Å². The van der Waals surface area contributed by atoms with Crippen LogP contribution in [0.15, 0.2) is 24.3 Å². The van der Waals surface area contributed by atoms with Crippen LogP contribution in [0.4, 0.5) is 5.69 Å². The molecule has 0 radical (unpaired) electrons. The smallest absolute Gasteiger partial charge is 0.339 e. The summed E-state index contributed by atoms with van der Waals surface area (Å²) in [7, 11) is 1.28. The van der Waals surface area contributed by atoms with Crippen molar-refractivity contribution in [1.29, 1.82) is 0 Å². The van der Waals surface area contributed by atoms with Gasteiger partial charge in [0.15, 0.2) is 0 Å². The van der Waals surface area contributed by atoms with Crippen molar-refractivity contribution in [1.82, 2.24) is 0 Å². The van der Waals surface area contributed by atoms with Crippen molar-refractivity contribution in [2.24, 2.45) is 5.73 Å². The van der Waals surface area contributed by atoms with E-state index in [4.69, 9.17) is 5.73 Å². The van der Waals surface area contributed by atoms with Gasteiger partial charge in [0.2, 0.25) is 5.91 Å². The number of benzene rings is 1. The Hall–Kier alpha value is -1.88. The number of ether oxygens (including phenoxy) is 1. The summed E-state index contributed by atoms with van der Waals surface area (Å²) in [6.07, 6.45) is 0. The first-order valence-electron chi connectivity index (χ1n) is 4.36. The molecule has 0 unspecified atom stereocenters. The first-order chi connectivity index (χ1) is 7.19. The van der Waals surface area contributed by atoms with Gasteiger partial charge in [-0.3, -0.25) is 4.79 Å². The van der Waals surface area contributed by atoms with Gasteiger partial charge in [-0.15, -0.1) is 0 Å². The number of methoxy groups -OCH3 is 1. The number of amides is 1. The molecular weight excluding hydrogens is 196 g/mol. The molecule has 3 N–H and O–H groups in total. The number of esters is 1. The van der Waals surface area contributed by atoms with Crippen LogP contribution < -0.4 is 11.1 Å². The van der Waals surface area contributed by atoms with Gasteiger partial charge in [0.05, 0.1) is 24.9 Å². The number of carbonyl (C=O) groups excluding carboxylic acids is 2. The minimum atomic E-state index is -0.497. The minimum absolute atomic E-state index is 0.129. The summed E-state index contributed by atoms with van der Waals surface area (Å²) in [4.78, 5) is 22.4. The zero-order valence-electron chi connectivity index (χ0n) is 8.32. The van der Waals surface area contributed by atoms with E-state index >= 15 is 0 Å². The molecule has 1 amide bonds. The molecule has 5 nitrogen and oxygen atoms in total. The SMILES string of the molecule is COC(=O)c1ccccc1NC(=O)CN. The molecular formula is C10H12N2O3. The summed E-state index contributed by atoms with van der Waals surface area (Å²) in [6.45, 7) is -0.129. The van der Waals surface area contributed by atoms with E-state index in [1.165, 1.54) is 7.11 Å². The molecule has 0 atom stereocenters. The number of nitrogens with two attached hydrogens (primary N) is 1. The second-order valence-corrected chi connectivity index (χ2v) is 2.79. The second kappa shape index (κ2) is 5.11. The van der Waals surface area contributed by atoms with Crippen LogP contribution in [0.3, 0.4) is 0 Å². The Bertz CT molecular complexity index is 377. The topological polar surface area (TPSA) is 81.4 Å². The fraction of sp³-hybridized carbons (Fsp3) is 0.200. The summed E-state index contributed by atoms with van der Waals surface area (Å²) in [5, 5.41) is 2.51. The molecule has 0 heterocycles. The second-order valence-electron chi connectivity index (χ2n) is 2.79. The standard InChI is InChI=1S/C10H12N2O3/c1-15-10(14)7-4-2-3-5-8(7)12-9(13)6-11/h2-5H,6,11H2,1H3,(H,12,13). The van der Waals surface area contributed by atoms with Crippen LogP contribution in [-0.2, 0) is 9.53 Å². The molecule has 0 saturated heterocycles. The molecule has 0 aromatic heterocycles. The third-order valence-corrected chi connectivity index (χ3v) is 1.79. The van der Waals surface area contributed by atoms with E-state index in [0.717, 1.165) is 0 Å². The predicted octanol–water partition coefficient (Wildman–Crippen LogP) is 0.370. The van der Waals surface area contributed by atoms with Gasteiger partial charge in [0, 0.05) is 0 Å². The van der Waals surface area contributed by atoms with E-state index in [-0.39, 0.29) is 12.5 Å². The Balaban J connectivity index is 2.96. The largest absolute Gasteiger partial charge is 0.465 e. The van der Waals surface area contributed by atoms with Crippen LogP contribution in [0.2, 0.25) is 0 Å². The summed E-state index contributed by atoms with van der Waals surface area (Å²) >= 11 is 0. The Kier molecular flexibility index (Phi) is 3.82. The average molecular weight is 208 g/mol. The van der Waals surface area contributed by atoms with Crippen molar-refractivity contribution >= 4 is 17.6 Å². The lowest BCUT2D eigenvalue weighted by molar-refractivity contribution is -0.114. The molecule has 0 aliphatic rings. The van der Waals surface area contributed by atoms with Gasteiger partial charge in [0.25, 0.3) is 0 Å². The molecule has 0 aliphatic heterocycles. The van der Waals surface area contributed by atoms with Crippen LogP contribution in [0.5, 0.6) is 0 Å². The fourth-order valence-electron chi connectivity index (χ4n) is 1.08. The number of carbonyl (C=O) groups is 2. The highest BCUT2D eigenvalue weighted by molar-refractivity contribution is 6.01. The van der Waals surface area contributed by atoms with Crippen LogP contribution >= 0.6 is 0 Å². The van der Waals surface area contributed by atoms with Gasteiger partial charge >= 0.3 is 5.97 Å². The Morgan fingerprint density at radius 3 is 2.67 bits per heavy atom. The molecule has 0 spiro atoms.